The molecule has 0 bridgehead atoms. The van der Waals surface area contributed by atoms with Gasteiger partial charge in [0.1, 0.15) is 5.75 Å². The van der Waals surface area contributed by atoms with Crippen LogP contribution in [-0.2, 0) is 10.0 Å². The second-order valence-corrected chi connectivity index (χ2v) is 5.44. The van der Waals surface area contributed by atoms with Crippen molar-refractivity contribution in [3.63, 3.8) is 0 Å². The summed E-state index contributed by atoms with van der Waals surface area (Å²) in [6.07, 6.45) is 0. The second kappa shape index (κ2) is 2.91. The van der Waals surface area contributed by atoms with Gasteiger partial charge in [-0.2, -0.15) is 0 Å². The fraction of sp³-hybridized carbons (Fsp3) is 0. The third-order valence-electron chi connectivity index (χ3n) is 1.59. The van der Waals surface area contributed by atoms with E-state index in [0.717, 1.165) is 11.3 Å². The smallest absolute Gasteiger partial charge is 0.265 e. The highest BCUT2D eigenvalue weighted by Gasteiger charge is 2.14. The molecule has 0 aliphatic rings. The molecule has 2 rings (SSSR count). The third kappa shape index (κ3) is 1.57. The second-order valence-electron chi connectivity index (χ2n) is 2.68. The van der Waals surface area contributed by atoms with E-state index in [2.05, 4.69) is 4.98 Å². The largest absolute Gasteiger partial charge is 0.508 e. The fourth-order valence-corrected chi connectivity index (χ4v) is 2.65. The van der Waals surface area contributed by atoms with E-state index in [4.69, 9.17) is 10.2 Å². The van der Waals surface area contributed by atoms with Gasteiger partial charge in [0.2, 0.25) is 4.34 Å². The Morgan fingerprint density at radius 2 is 2.14 bits per heavy atom. The van der Waals surface area contributed by atoms with Gasteiger partial charge in [0, 0.05) is 6.07 Å². The topological polar surface area (TPSA) is 93.3 Å². The summed E-state index contributed by atoms with van der Waals surface area (Å²) in [5.74, 6) is 0.0452. The Balaban J connectivity index is 2.75. The zero-order chi connectivity index (χ0) is 10.3. The number of fused-ring (bicyclic) bond motifs is 1. The van der Waals surface area contributed by atoms with E-state index < -0.39 is 10.0 Å². The standard InChI is InChI=1S/C7H6N2O3S2/c8-14(11,12)7-9-5-3-4(10)1-2-6(5)13-7/h1-3,10H,(H2,8,11,12). The van der Waals surface area contributed by atoms with E-state index in [-0.39, 0.29) is 10.1 Å². The first-order valence-corrected chi connectivity index (χ1v) is 5.95. The van der Waals surface area contributed by atoms with Gasteiger partial charge in [-0.15, -0.1) is 11.3 Å². The number of aromatic hydroxyl groups is 1. The maximum atomic E-state index is 11.0. The van der Waals surface area contributed by atoms with Gasteiger partial charge in [0.15, 0.2) is 0 Å². The minimum atomic E-state index is -3.75. The Hall–Kier alpha value is -1.18. The monoisotopic (exact) mass is 230 g/mol. The molecular formula is C7H6N2O3S2. The highest BCUT2D eigenvalue weighted by molar-refractivity contribution is 7.91. The van der Waals surface area contributed by atoms with Crippen molar-refractivity contribution in [2.45, 2.75) is 4.34 Å². The first-order valence-electron chi connectivity index (χ1n) is 3.59. The van der Waals surface area contributed by atoms with Crippen molar-refractivity contribution in [3.05, 3.63) is 18.2 Å². The van der Waals surface area contributed by atoms with Crippen molar-refractivity contribution in [1.29, 1.82) is 0 Å². The molecule has 74 valence electrons. The number of benzene rings is 1. The van der Waals surface area contributed by atoms with Crippen molar-refractivity contribution in [3.8, 4) is 5.75 Å². The molecule has 0 radical (unpaired) electrons. The van der Waals surface area contributed by atoms with Crippen LogP contribution in [-0.4, -0.2) is 18.5 Å². The molecule has 5 nitrogen and oxygen atoms in total. The molecule has 0 aliphatic carbocycles. The molecule has 1 aromatic heterocycles. The average molecular weight is 230 g/mol. The number of thiazole rings is 1. The lowest BCUT2D eigenvalue weighted by Gasteiger charge is -1.88. The Morgan fingerprint density at radius 3 is 2.79 bits per heavy atom. The van der Waals surface area contributed by atoms with E-state index >= 15 is 0 Å². The molecule has 1 heterocycles. The molecule has 2 aromatic rings. The molecule has 7 heteroatoms. The molecule has 14 heavy (non-hydrogen) atoms. The summed E-state index contributed by atoms with van der Waals surface area (Å²) in [5.41, 5.74) is 0.430. The number of phenols is 1. The van der Waals surface area contributed by atoms with Crippen LogP contribution in [0.3, 0.4) is 0 Å². The first-order chi connectivity index (χ1) is 6.47. The molecule has 0 spiro atoms. The van der Waals surface area contributed by atoms with Crippen LogP contribution in [0.2, 0.25) is 0 Å². The van der Waals surface area contributed by atoms with Crippen molar-refractivity contribution in [1.82, 2.24) is 4.98 Å². The molecule has 0 aliphatic heterocycles. The van der Waals surface area contributed by atoms with Gasteiger partial charge in [-0.25, -0.2) is 18.5 Å². The Bertz CT molecular complexity index is 588. The highest BCUT2D eigenvalue weighted by Crippen LogP contribution is 2.27. The Kier molecular flexibility index (Phi) is 1.95. The van der Waals surface area contributed by atoms with Gasteiger partial charge in [0.25, 0.3) is 10.0 Å². The highest BCUT2D eigenvalue weighted by atomic mass is 32.2. The number of sulfonamides is 1. The van der Waals surface area contributed by atoms with Gasteiger partial charge >= 0.3 is 0 Å². The van der Waals surface area contributed by atoms with E-state index in [9.17, 15) is 8.42 Å². The summed E-state index contributed by atoms with van der Waals surface area (Å²) < 4.78 is 22.4. The lowest BCUT2D eigenvalue weighted by atomic mass is 10.3. The molecule has 0 amide bonds. The molecule has 0 saturated carbocycles. The maximum absolute atomic E-state index is 11.0. The number of nitrogens with zero attached hydrogens (tertiary/aromatic N) is 1. The van der Waals surface area contributed by atoms with Crippen LogP contribution < -0.4 is 5.14 Å². The third-order valence-corrected chi connectivity index (χ3v) is 3.95. The van der Waals surface area contributed by atoms with Gasteiger partial charge in [-0.3, -0.25) is 0 Å². The van der Waals surface area contributed by atoms with Crippen LogP contribution in [0.1, 0.15) is 0 Å². The number of hydrogen-bond acceptors (Lipinski definition) is 5. The summed E-state index contributed by atoms with van der Waals surface area (Å²) in [7, 11) is -3.75. The van der Waals surface area contributed by atoms with Crippen LogP contribution in [0.25, 0.3) is 10.2 Å². The predicted octanol–water partition coefficient (Wildman–Crippen LogP) is 0.649. The van der Waals surface area contributed by atoms with Crippen LogP contribution in [0.5, 0.6) is 5.75 Å². The summed E-state index contributed by atoms with van der Waals surface area (Å²) in [4.78, 5) is 3.79. The average Bonchev–Trinajstić information content (AvgIpc) is 2.45. The molecule has 3 N–H and O–H groups in total. The summed E-state index contributed by atoms with van der Waals surface area (Å²) in [5, 5.41) is 14.0. The number of phenolic OH excluding ortho intramolecular Hbond substituents is 1. The first kappa shape index (κ1) is 9.38. The molecule has 0 atom stereocenters. The number of rotatable bonds is 1. The summed E-state index contributed by atoms with van der Waals surface area (Å²) in [6, 6.07) is 4.45. The zero-order valence-corrected chi connectivity index (χ0v) is 8.47. The van der Waals surface area contributed by atoms with Crippen molar-refractivity contribution in [2.24, 2.45) is 5.14 Å². The molecular weight excluding hydrogens is 224 g/mol. The van der Waals surface area contributed by atoms with Gasteiger partial charge in [-0.05, 0) is 12.1 Å². The molecule has 1 aromatic carbocycles. The normalized spacial score (nSPS) is 12.1. The van der Waals surface area contributed by atoms with Crippen LogP contribution in [0, 0.1) is 0 Å². The van der Waals surface area contributed by atoms with Crippen molar-refractivity contribution < 1.29 is 13.5 Å². The van der Waals surface area contributed by atoms with Gasteiger partial charge in [-0.1, -0.05) is 0 Å². The number of primary sulfonamides is 1. The SMILES string of the molecule is NS(=O)(=O)c1nc2cc(O)ccc2s1. The van der Waals surface area contributed by atoms with Crippen LogP contribution in [0.15, 0.2) is 22.5 Å². The van der Waals surface area contributed by atoms with Gasteiger partial charge < -0.3 is 5.11 Å². The number of aromatic nitrogens is 1. The quantitative estimate of drug-likeness (QED) is 0.752. The van der Waals surface area contributed by atoms with Crippen molar-refractivity contribution >= 4 is 31.6 Å². The summed E-state index contributed by atoms with van der Waals surface area (Å²) in [6.45, 7) is 0. The predicted molar refractivity (Wildman–Crippen MR) is 52.7 cm³/mol. The van der Waals surface area contributed by atoms with E-state index in [1.165, 1.54) is 12.1 Å². The van der Waals surface area contributed by atoms with E-state index in [1.807, 2.05) is 0 Å². The minimum Gasteiger partial charge on any atom is -0.508 e. The zero-order valence-electron chi connectivity index (χ0n) is 6.84. The Morgan fingerprint density at radius 1 is 1.43 bits per heavy atom. The molecule has 0 saturated heterocycles. The maximum Gasteiger partial charge on any atom is 0.265 e. The number of nitrogens with two attached hydrogens (primary N) is 1. The minimum absolute atomic E-state index is 0.0452. The van der Waals surface area contributed by atoms with Crippen LogP contribution in [0.4, 0.5) is 0 Å². The molecule has 0 unspecified atom stereocenters. The fourth-order valence-electron chi connectivity index (χ4n) is 1.02. The lowest BCUT2D eigenvalue weighted by Crippen LogP contribution is -2.11. The Labute approximate surface area is 83.9 Å². The van der Waals surface area contributed by atoms with E-state index in [0.29, 0.717) is 10.2 Å². The lowest BCUT2D eigenvalue weighted by molar-refractivity contribution is 0.476. The van der Waals surface area contributed by atoms with E-state index in [1.54, 1.807) is 6.07 Å². The van der Waals surface area contributed by atoms with Gasteiger partial charge in [0.05, 0.1) is 10.2 Å². The molecule has 0 fully saturated rings. The van der Waals surface area contributed by atoms with Crippen LogP contribution >= 0.6 is 11.3 Å². The summed E-state index contributed by atoms with van der Waals surface area (Å²) >= 11 is 0.978. The number of hydrogen-bond donors (Lipinski definition) is 2. The van der Waals surface area contributed by atoms with Crippen molar-refractivity contribution in [2.75, 3.05) is 0 Å².